The van der Waals surface area contributed by atoms with Gasteiger partial charge in [-0.25, -0.2) is 0 Å². The predicted octanol–water partition coefficient (Wildman–Crippen LogP) is 3.53. The summed E-state index contributed by atoms with van der Waals surface area (Å²) in [7, 11) is 0. The van der Waals surface area contributed by atoms with Crippen molar-refractivity contribution in [2.75, 3.05) is 11.9 Å². The number of rotatable bonds is 5. The molecular weight excluding hydrogens is 258 g/mol. The molecule has 2 rings (SSSR count). The van der Waals surface area contributed by atoms with Gasteiger partial charge >= 0.3 is 0 Å². The van der Waals surface area contributed by atoms with E-state index in [1.807, 2.05) is 12.1 Å². The van der Waals surface area contributed by atoms with Crippen LogP contribution in [0.15, 0.2) is 53.5 Å². The van der Waals surface area contributed by atoms with Gasteiger partial charge in [0.05, 0.1) is 0 Å². The van der Waals surface area contributed by atoms with Crippen LogP contribution in [-0.4, -0.2) is 12.5 Å². The van der Waals surface area contributed by atoms with Gasteiger partial charge in [-0.1, -0.05) is 43.3 Å². The maximum Gasteiger partial charge on any atom is 0.193 e. The third-order valence-corrected chi connectivity index (χ3v) is 3.56. The number of anilines is 1. The van der Waals surface area contributed by atoms with Crippen LogP contribution < -0.4 is 11.1 Å². The number of nitrogens with one attached hydrogen (secondary N) is 1. The van der Waals surface area contributed by atoms with Crippen molar-refractivity contribution in [3.05, 3.63) is 65.2 Å². The Hall–Kier alpha value is -2.29. The van der Waals surface area contributed by atoms with Gasteiger partial charge in [-0.05, 0) is 48.6 Å². The number of guanidine groups is 1. The average molecular weight is 281 g/mol. The van der Waals surface area contributed by atoms with E-state index < -0.39 is 0 Å². The van der Waals surface area contributed by atoms with E-state index in [1.54, 1.807) is 0 Å². The molecular formula is C18H23N3. The molecule has 0 heterocycles. The molecule has 0 atom stereocenters. The molecule has 0 aliphatic heterocycles. The SMILES string of the molecule is CCc1ccc(NC(N)=NCCc2ccccc2C)cc1. The summed E-state index contributed by atoms with van der Waals surface area (Å²) < 4.78 is 0. The number of nitrogens with zero attached hydrogens (tertiary/aromatic N) is 1. The standard InChI is InChI=1S/C18H23N3/c1-3-15-8-10-17(11-9-15)21-18(19)20-13-12-16-7-5-4-6-14(16)2/h4-11H,3,12-13H2,1-2H3,(H3,19,20,21). The third-order valence-electron chi connectivity index (χ3n) is 3.56. The number of benzene rings is 2. The third kappa shape index (κ3) is 4.63. The molecule has 0 saturated heterocycles. The first-order valence-electron chi connectivity index (χ1n) is 7.39. The highest BCUT2D eigenvalue weighted by molar-refractivity contribution is 5.92. The number of aryl methyl sites for hydroxylation is 2. The smallest absolute Gasteiger partial charge is 0.193 e. The topological polar surface area (TPSA) is 50.4 Å². The second-order valence-corrected chi connectivity index (χ2v) is 5.12. The van der Waals surface area contributed by atoms with Crippen molar-refractivity contribution in [2.45, 2.75) is 26.7 Å². The van der Waals surface area contributed by atoms with Crippen LogP contribution in [0.25, 0.3) is 0 Å². The van der Waals surface area contributed by atoms with Crippen molar-refractivity contribution in [1.82, 2.24) is 0 Å². The summed E-state index contributed by atoms with van der Waals surface area (Å²) in [5.74, 6) is 0.466. The van der Waals surface area contributed by atoms with Crippen molar-refractivity contribution < 1.29 is 0 Å². The van der Waals surface area contributed by atoms with Crippen molar-refractivity contribution in [2.24, 2.45) is 10.7 Å². The van der Waals surface area contributed by atoms with E-state index in [0.29, 0.717) is 12.5 Å². The second-order valence-electron chi connectivity index (χ2n) is 5.12. The van der Waals surface area contributed by atoms with E-state index in [1.165, 1.54) is 16.7 Å². The molecule has 0 bridgehead atoms. The number of hydrogen-bond donors (Lipinski definition) is 2. The monoisotopic (exact) mass is 281 g/mol. The molecule has 0 aliphatic rings. The van der Waals surface area contributed by atoms with Gasteiger partial charge in [0.25, 0.3) is 0 Å². The summed E-state index contributed by atoms with van der Waals surface area (Å²) in [5, 5.41) is 3.12. The zero-order valence-corrected chi connectivity index (χ0v) is 12.8. The molecule has 0 aliphatic carbocycles. The van der Waals surface area contributed by atoms with Gasteiger partial charge in [0, 0.05) is 12.2 Å². The van der Waals surface area contributed by atoms with Crippen LogP contribution in [0.5, 0.6) is 0 Å². The Morgan fingerprint density at radius 2 is 1.81 bits per heavy atom. The van der Waals surface area contributed by atoms with Crippen LogP contribution in [0.1, 0.15) is 23.6 Å². The van der Waals surface area contributed by atoms with Gasteiger partial charge < -0.3 is 11.1 Å². The molecule has 0 unspecified atom stereocenters. The van der Waals surface area contributed by atoms with E-state index in [0.717, 1.165) is 18.5 Å². The van der Waals surface area contributed by atoms with Crippen LogP contribution in [0, 0.1) is 6.92 Å². The summed E-state index contributed by atoms with van der Waals surface area (Å²) in [6, 6.07) is 16.6. The molecule has 21 heavy (non-hydrogen) atoms. The van der Waals surface area contributed by atoms with E-state index in [4.69, 9.17) is 5.73 Å². The van der Waals surface area contributed by atoms with Gasteiger partial charge in [-0.3, -0.25) is 4.99 Å². The van der Waals surface area contributed by atoms with E-state index in [-0.39, 0.29) is 0 Å². The van der Waals surface area contributed by atoms with Crippen LogP contribution >= 0.6 is 0 Å². The van der Waals surface area contributed by atoms with Gasteiger partial charge in [-0.2, -0.15) is 0 Å². The minimum Gasteiger partial charge on any atom is -0.370 e. The highest BCUT2D eigenvalue weighted by Crippen LogP contribution is 2.10. The van der Waals surface area contributed by atoms with Crippen molar-refractivity contribution in [1.29, 1.82) is 0 Å². The molecule has 3 N–H and O–H groups in total. The summed E-state index contributed by atoms with van der Waals surface area (Å²) in [4.78, 5) is 4.38. The average Bonchev–Trinajstić information content (AvgIpc) is 2.50. The Kier molecular flexibility index (Phi) is 5.38. The minimum absolute atomic E-state index is 0.466. The fraction of sp³-hybridized carbons (Fsp3) is 0.278. The first kappa shape index (κ1) is 15.1. The van der Waals surface area contributed by atoms with Gasteiger partial charge in [0.15, 0.2) is 5.96 Å². The summed E-state index contributed by atoms with van der Waals surface area (Å²) >= 11 is 0. The highest BCUT2D eigenvalue weighted by atomic mass is 15.1. The second kappa shape index (κ2) is 7.48. The van der Waals surface area contributed by atoms with Crippen LogP contribution in [-0.2, 0) is 12.8 Å². The molecule has 3 nitrogen and oxygen atoms in total. The summed E-state index contributed by atoms with van der Waals surface area (Å²) in [6.45, 7) is 4.95. The molecule has 0 saturated carbocycles. The lowest BCUT2D eigenvalue weighted by molar-refractivity contribution is 0.954. The molecule has 110 valence electrons. The van der Waals surface area contributed by atoms with Crippen molar-refractivity contribution in [3.8, 4) is 0 Å². The normalized spacial score (nSPS) is 11.4. The fourth-order valence-electron chi connectivity index (χ4n) is 2.20. The Balaban J connectivity index is 1.87. The fourth-order valence-corrected chi connectivity index (χ4v) is 2.20. The molecule has 0 spiro atoms. The summed E-state index contributed by atoms with van der Waals surface area (Å²) in [6.07, 6.45) is 1.95. The lowest BCUT2D eigenvalue weighted by Crippen LogP contribution is -2.23. The van der Waals surface area contributed by atoms with Gasteiger partial charge in [0.2, 0.25) is 0 Å². The maximum atomic E-state index is 5.92. The van der Waals surface area contributed by atoms with Gasteiger partial charge in [0.1, 0.15) is 0 Å². The summed E-state index contributed by atoms with van der Waals surface area (Å²) in [5.41, 5.74) is 10.8. The first-order chi connectivity index (χ1) is 10.2. The van der Waals surface area contributed by atoms with Crippen LogP contribution in [0.3, 0.4) is 0 Å². The lowest BCUT2D eigenvalue weighted by Gasteiger charge is -2.07. The number of hydrogen-bond acceptors (Lipinski definition) is 1. The molecule has 2 aromatic rings. The predicted molar refractivity (Wildman–Crippen MR) is 90.8 cm³/mol. The quantitative estimate of drug-likeness (QED) is 0.650. The Bertz CT molecular complexity index is 600. The molecule has 0 radical (unpaired) electrons. The number of aliphatic imine (C=N–C) groups is 1. The Morgan fingerprint density at radius 3 is 2.48 bits per heavy atom. The zero-order valence-electron chi connectivity index (χ0n) is 12.8. The number of nitrogens with two attached hydrogens (primary N) is 1. The molecule has 2 aromatic carbocycles. The van der Waals surface area contributed by atoms with Crippen molar-refractivity contribution >= 4 is 11.6 Å². The highest BCUT2D eigenvalue weighted by Gasteiger charge is 1.98. The first-order valence-corrected chi connectivity index (χ1v) is 7.39. The van der Waals surface area contributed by atoms with Gasteiger partial charge in [-0.15, -0.1) is 0 Å². The maximum absolute atomic E-state index is 5.92. The van der Waals surface area contributed by atoms with Crippen LogP contribution in [0.2, 0.25) is 0 Å². The Labute approximate surface area is 126 Å². The molecule has 0 fully saturated rings. The largest absolute Gasteiger partial charge is 0.370 e. The molecule has 3 heteroatoms. The minimum atomic E-state index is 0.466. The zero-order chi connectivity index (χ0) is 15.1. The Morgan fingerprint density at radius 1 is 1.10 bits per heavy atom. The molecule has 0 aromatic heterocycles. The van der Waals surface area contributed by atoms with Crippen molar-refractivity contribution in [3.63, 3.8) is 0 Å². The lowest BCUT2D eigenvalue weighted by atomic mass is 10.1. The van der Waals surface area contributed by atoms with E-state index >= 15 is 0 Å². The van der Waals surface area contributed by atoms with E-state index in [2.05, 4.69) is 60.6 Å². The van der Waals surface area contributed by atoms with Crippen LogP contribution in [0.4, 0.5) is 5.69 Å². The molecule has 0 amide bonds. The van der Waals surface area contributed by atoms with E-state index in [9.17, 15) is 0 Å².